The molecule has 0 atom stereocenters. The first-order valence-electron chi connectivity index (χ1n) is 6.04. The van der Waals surface area contributed by atoms with Crippen LogP contribution in [0.5, 0.6) is 5.75 Å². The summed E-state index contributed by atoms with van der Waals surface area (Å²) in [6, 6.07) is 6.80. The molecule has 0 aliphatic rings. The molecule has 0 aromatic heterocycles. The van der Waals surface area contributed by atoms with Crippen molar-refractivity contribution >= 4 is 40.5 Å². The van der Waals surface area contributed by atoms with E-state index in [0.717, 1.165) is 0 Å². The molecule has 0 radical (unpaired) electrons. The van der Waals surface area contributed by atoms with E-state index in [-0.39, 0.29) is 32.7 Å². The molecule has 0 saturated heterocycles. The Morgan fingerprint density at radius 2 is 1.82 bits per heavy atom. The van der Waals surface area contributed by atoms with E-state index in [1.807, 2.05) is 0 Å². The maximum atomic E-state index is 12.1. The minimum Gasteiger partial charge on any atom is -0.505 e. The van der Waals surface area contributed by atoms with Gasteiger partial charge in [-0.1, -0.05) is 29.3 Å². The van der Waals surface area contributed by atoms with Crippen LogP contribution in [-0.2, 0) is 0 Å². The fraction of sp³-hybridized carbons (Fsp3) is 0.0714. The van der Waals surface area contributed by atoms with Gasteiger partial charge in [-0.2, -0.15) is 0 Å². The number of halogens is 2. The monoisotopic (exact) mass is 340 g/mol. The summed E-state index contributed by atoms with van der Waals surface area (Å²) in [5.74, 6) is -0.840. The SMILES string of the molecule is Cc1ccc(C(=O)Nc2cc(Cl)c(O)c(Cl)c2)cc1[N+](=O)[O-]. The van der Waals surface area contributed by atoms with Crippen LogP contribution >= 0.6 is 23.2 Å². The third kappa shape index (κ3) is 3.29. The number of nitro benzene ring substituents is 1. The Morgan fingerprint density at radius 1 is 1.23 bits per heavy atom. The highest BCUT2D eigenvalue weighted by Crippen LogP contribution is 2.34. The molecule has 0 bridgehead atoms. The molecule has 2 N–H and O–H groups in total. The van der Waals surface area contributed by atoms with Gasteiger partial charge in [0.15, 0.2) is 5.75 Å². The number of anilines is 1. The van der Waals surface area contributed by atoms with Gasteiger partial charge < -0.3 is 10.4 Å². The second kappa shape index (κ2) is 6.21. The molecule has 22 heavy (non-hydrogen) atoms. The normalized spacial score (nSPS) is 10.3. The predicted molar refractivity (Wildman–Crippen MR) is 83.9 cm³/mol. The number of benzene rings is 2. The van der Waals surface area contributed by atoms with Gasteiger partial charge in [-0.25, -0.2) is 0 Å². The first-order valence-corrected chi connectivity index (χ1v) is 6.79. The summed E-state index contributed by atoms with van der Waals surface area (Å²) >= 11 is 11.5. The Labute approximate surface area is 135 Å². The summed E-state index contributed by atoms with van der Waals surface area (Å²) < 4.78 is 0. The average Bonchev–Trinajstić information content (AvgIpc) is 2.44. The predicted octanol–water partition coefficient (Wildman–Crippen LogP) is 4.17. The topological polar surface area (TPSA) is 92.5 Å². The zero-order chi connectivity index (χ0) is 16.4. The zero-order valence-electron chi connectivity index (χ0n) is 11.3. The first-order chi connectivity index (χ1) is 10.3. The maximum Gasteiger partial charge on any atom is 0.273 e. The van der Waals surface area contributed by atoms with Crippen LogP contribution in [0.3, 0.4) is 0 Å². The Bertz CT molecular complexity index is 754. The number of hydrogen-bond acceptors (Lipinski definition) is 4. The molecule has 114 valence electrons. The second-order valence-electron chi connectivity index (χ2n) is 4.50. The average molecular weight is 341 g/mol. The number of carbonyl (C=O) groups is 1. The third-order valence-electron chi connectivity index (χ3n) is 2.94. The van der Waals surface area contributed by atoms with Crippen molar-refractivity contribution in [3.63, 3.8) is 0 Å². The standard InChI is InChI=1S/C14H10Cl2N2O4/c1-7-2-3-8(4-12(7)18(21)22)14(20)17-9-5-10(15)13(19)11(16)6-9/h2-6,19H,1H3,(H,17,20). The van der Waals surface area contributed by atoms with Crippen LogP contribution in [0.15, 0.2) is 30.3 Å². The number of phenolic OH excluding ortho intramolecular Hbond substituents is 1. The highest BCUT2D eigenvalue weighted by molar-refractivity contribution is 6.37. The van der Waals surface area contributed by atoms with Crippen LogP contribution in [0.25, 0.3) is 0 Å². The molecule has 0 unspecified atom stereocenters. The number of aryl methyl sites for hydroxylation is 1. The van der Waals surface area contributed by atoms with Crippen LogP contribution in [-0.4, -0.2) is 15.9 Å². The lowest BCUT2D eigenvalue weighted by molar-refractivity contribution is -0.385. The molecule has 0 spiro atoms. The summed E-state index contributed by atoms with van der Waals surface area (Å²) in [5.41, 5.74) is 0.699. The van der Waals surface area contributed by atoms with Crippen LogP contribution < -0.4 is 5.32 Å². The zero-order valence-corrected chi connectivity index (χ0v) is 12.8. The van der Waals surface area contributed by atoms with Crippen LogP contribution in [0.1, 0.15) is 15.9 Å². The molecule has 2 aromatic carbocycles. The second-order valence-corrected chi connectivity index (χ2v) is 5.32. The summed E-state index contributed by atoms with van der Waals surface area (Å²) in [6.07, 6.45) is 0. The molecule has 6 nitrogen and oxygen atoms in total. The first kappa shape index (κ1) is 16.1. The number of aromatic hydroxyl groups is 1. The Hall–Kier alpha value is -2.31. The van der Waals surface area contributed by atoms with Crippen molar-refractivity contribution in [3.05, 3.63) is 61.6 Å². The minimum atomic E-state index is -0.555. The molecular weight excluding hydrogens is 331 g/mol. The summed E-state index contributed by atoms with van der Waals surface area (Å²) in [6.45, 7) is 1.58. The van der Waals surface area contributed by atoms with Crippen LogP contribution in [0, 0.1) is 17.0 Å². The number of carbonyl (C=O) groups excluding carboxylic acids is 1. The van der Waals surface area contributed by atoms with E-state index in [2.05, 4.69) is 5.32 Å². The Kier molecular flexibility index (Phi) is 4.54. The highest BCUT2D eigenvalue weighted by Gasteiger charge is 2.16. The summed E-state index contributed by atoms with van der Waals surface area (Å²) in [4.78, 5) is 22.5. The number of nitrogens with one attached hydrogen (secondary N) is 1. The third-order valence-corrected chi connectivity index (χ3v) is 3.52. The molecule has 8 heteroatoms. The van der Waals surface area contributed by atoms with E-state index in [1.165, 1.54) is 30.3 Å². The van der Waals surface area contributed by atoms with Gasteiger partial charge in [-0.3, -0.25) is 14.9 Å². The Balaban J connectivity index is 2.30. The lowest BCUT2D eigenvalue weighted by atomic mass is 10.1. The minimum absolute atomic E-state index is 0.0160. The molecule has 0 heterocycles. The van der Waals surface area contributed by atoms with Gasteiger partial charge in [0, 0.05) is 22.9 Å². The van der Waals surface area contributed by atoms with Gasteiger partial charge >= 0.3 is 0 Å². The molecule has 0 aliphatic heterocycles. The van der Waals surface area contributed by atoms with Gasteiger partial charge in [0.2, 0.25) is 0 Å². The highest BCUT2D eigenvalue weighted by atomic mass is 35.5. The van der Waals surface area contributed by atoms with Crippen molar-refractivity contribution in [2.24, 2.45) is 0 Å². The summed E-state index contributed by atoms with van der Waals surface area (Å²) in [5, 5.41) is 22.8. The number of phenols is 1. The van der Waals surface area contributed by atoms with Crippen molar-refractivity contribution in [2.75, 3.05) is 5.32 Å². The van der Waals surface area contributed by atoms with Crippen molar-refractivity contribution in [2.45, 2.75) is 6.92 Å². The number of amides is 1. The van der Waals surface area contributed by atoms with E-state index in [1.54, 1.807) is 6.92 Å². The molecular formula is C14H10Cl2N2O4. The van der Waals surface area contributed by atoms with E-state index < -0.39 is 10.8 Å². The fourth-order valence-electron chi connectivity index (χ4n) is 1.79. The lowest BCUT2D eigenvalue weighted by Crippen LogP contribution is -2.12. The van der Waals surface area contributed by atoms with Gasteiger partial charge in [0.25, 0.3) is 11.6 Å². The van der Waals surface area contributed by atoms with E-state index in [9.17, 15) is 20.0 Å². The van der Waals surface area contributed by atoms with Crippen LogP contribution in [0.4, 0.5) is 11.4 Å². The van der Waals surface area contributed by atoms with Gasteiger partial charge in [-0.05, 0) is 25.1 Å². The van der Waals surface area contributed by atoms with Crippen molar-refractivity contribution in [3.8, 4) is 5.75 Å². The Morgan fingerprint density at radius 3 is 2.36 bits per heavy atom. The molecule has 2 aromatic rings. The van der Waals surface area contributed by atoms with E-state index in [0.29, 0.717) is 5.56 Å². The molecule has 0 aliphatic carbocycles. The smallest absolute Gasteiger partial charge is 0.273 e. The largest absolute Gasteiger partial charge is 0.505 e. The van der Waals surface area contributed by atoms with E-state index >= 15 is 0 Å². The summed E-state index contributed by atoms with van der Waals surface area (Å²) in [7, 11) is 0. The van der Waals surface area contributed by atoms with E-state index in [4.69, 9.17) is 23.2 Å². The van der Waals surface area contributed by atoms with Gasteiger partial charge in [0.1, 0.15) is 0 Å². The molecule has 2 rings (SSSR count). The quantitative estimate of drug-likeness (QED) is 0.498. The number of hydrogen-bond donors (Lipinski definition) is 2. The number of rotatable bonds is 3. The molecule has 0 fully saturated rings. The van der Waals surface area contributed by atoms with Gasteiger partial charge in [0.05, 0.1) is 15.0 Å². The molecule has 0 saturated carbocycles. The van der Waals surface area contributed by atoms with Gasteiger partial charge in [-0.15, -0.1) is 0 Å². The van der Waals surface area contributed by atoms with Crippen molar-refractivity contribution < 1.29 is 14.8 Å². The number of nitrogens with zero attached hydrogens (tertiary/aromatic N) is 1. The van der Waals surface area contributed by atoms with Crippen molar-refractivity contribution in [1.29, 1.82) is 0 Å². The fourth-order valence-corrected chi connectivity index (χ4v) is 2.28. The molecule has 1 amide bonds. The lowest BCUT2D eigenvalue weighted by Gasteiger charge is -2.08. The maximum absolute atomic E-state index is 12.1. The van der Waals surface area contributed by atoms with Crippen molar-refractivity contribution in [1.82, 2.24) is 0 Å². The van der Waals surface area contributed by atoms with Crippen LogP contribution in [0.2, 0.25) is 10.0 Å². The number of nitro groups is 1.